The van der Waals surface area contributed by atoms with Crippen LogP contribution in [-0.2, 0) is 45.6 Å². The molecule has 8 rings (SSSR count). The molecule has 294 valence electrons. The number of anilines is 2. The van der Waals surface area contributed by atoms with Crippen LogP contribution in [0.3, 0.4) is 0 Å². The Balaban J connectivity index is 0.000000161. The monoisotopic (exact) mass is 760 g/mol. The van der Waals surface area contributed by atoms with Gasteiger partial charge in [-0.2, -0.15) is 0 Å². The Morgan fingerprint density at radius 2 is 0.947 bits per heavy atom. The molecule has 0 unspecified atom stereocenters. The molecule has 7 heteroatoms. The Bertz CT molecular complexity index is 2120. The van der Waals surface area contributed by atoms with Crippen LogP contribution in [0, 0.1) is 0 Å². The van der Waals surface area contributed by atoms with Crippen molar-refractivity contribution in [3.8, 4) is 11.5 Å². The van der Waals surface area contributed by atoms with E-state index in [1.807, 2.05) is 18.2 Å². The molecule has 6 aromatic rings. The molecule has 0 aliphatic carbocycles. The summed E-state index contributed by atoms with van der Waals surface area (Å²) in [5.41, 5.74) is 12.3. The van der Waals surface area contributed by atoms with Crippen molar-refractivity contribution in [3.63, 3.8) is 0 Å². The van der Waals surface area contributed by atoms with Crippen molar-refractivity contribution in [1.82, 2.24) is 10.2 Å². The lowest BCUT2D eigenvalue weighted by Gasteiger charge is -2.23. The van der Waals surface area contributed by atoms with Crippen molar-refractivity contribution in [2.24, 2.45) is 0 Å². The minimum Gasteiger partial charge on any atom is -0.493 e. The van der Waals surface area contributed by atoms with Crippen LogP contribution in [0.1, 0.15) is 49.3 Å². The van der Waals surface area contributed by atoms with Crippen molar-refractivity contribution in [2.45, 2.75) is 45.6 Å². The largest absolute Gasteiger partial charge is 0.493 e. The highest BCUT2D eigenvalue weighted by Crippen LogP contribution is 2.28. The Kier molecular flexibility index (Phi) is 14.9. The van der Waals surface area contributed by atoms with Crippen molar-refractivity contribution < 1.29 is 14.3 Å². The Labute approximate surface area is 339 Å². The number of ether oxygens (including phenoxy) is 2. The van der Waals surface area contributed by atoms with Gasteiger partial charge in [0.25, 0.3) is 0 Å². The van der Waals surface area contributed by atoms with E-state index in [0.29, 0.717) is 5.56 Å². The van der Waals surface area contributed by atoms with Gasteiger partial charge < -0.3 is 24.6 Å². The van der Waals surface area contributed by atoms with E-state index in [1.54, 1.807) is 6.07 Å². The maximum Gasteiger partial charge on any atom is 0.150 e. The molecule has 0 aromatic heterocycles. The van der Waals surface area contributed by atoms with E-state index in [9.17, 15) is 4.79 Å². The van der Waals surface area contributed by atoms with Gasteiger partial charge in [0.1, 0.15) is 17.8 Å². The van der Waals surface area contributed by atoms with E-state index in [0.717, 1.165) is 76.6 Å². The zero-order chi connectivity index (χ0) is 39.8. The number of aldehydes is 1. The fourth-order valence-electron chi connectivity index (χ4n) is 6.85. The number of rotatable bonds is 13. The number of carbonyl (C=O) groups excluding carboxylic acids is 1. The number of nitrogens with one attached hydrogen (secondary N) is 1. The van der Waals surface area contributed by atoms with E-state index in [2.05, 4.69) is 170 Å². The van der Waals surface area contributed by atoms with E-state index in [-0.39, 0.29) is 0 Å². The van der Waals surface area contributed by atoms with Gasteiger partial charge in [0.05, 0.1) is 13.2 Å². The van der Waals surface area contributed by atoms with Gasteiger partial charge >= 0.3 is 0 Å². The molecule has 0 saturated heterocycles. The average Bonchev–Trinajstić information content (AvgIpc) is 3.92. The first-order valence-corrected chi connectivity index (χ1v) is 19.8. The summed E-state index contributed by atoms with van der Waals surface area (Å²) >= 11 is 0. The Morgan fingerprint density at radius 1 is 0.509 bits per heavy atom. The molecule has 0 saturated carbocycles. The lowest BCUT2D eigenvalue weighted by molar-refractivity contribution is 0.112. The number of benzene rings is 6. The molecule has 57 heavy (non-hydrogen) atoms. The first-order chi connectivity index (χ1) is 27.8. The quantitative estimate of drug-likeness (QED) is 0.118. The molecular weight excluding hydrogens is 705 g/mol. The molecule has 7 nitrogen and oxygen atoms in total. The summed E-state index contributed by atoms with van der Waals surface area (Å²) in [6.45, 7) is 6.12. The fraction of sp³-hybridized carbons (Fsp3) is 0.260. The third-order valence-electron chi connectivity index (χ3n) is 10.1. The van der Waals surface area contributed by atoms with Gasteiger partial charge in [-0.15, -0.1) is 0 Å². The maximum atomic E-state index is 10.4. The number of hydrogen-bond acceptors (Lipinski definition) is 7. The SMILES string of the molecule is CN(C)c1ccc(CN(Cc2ccccc2)Cc2ccc3c(c2)OCC3)cc1.CN(C)c1ccc(CNCc2ccccc2)cc1.O=Cc1ccc2c(c1)OCC2. The van der Waals surface area contributed by atoms with Crippen LogP contribution in [0.25, 0.3) is 0 Å². The number of carbonyl (C=O) groups is 1. The molecule has 0 fully saturated rings. The van der Waals surface area contributed by atoms with Crippen molar-refractivity contribution in [2.75, 3.05) is 51.2 Å². The van der Waals surface area contributed by atoms with Crippen LogP contribution in [0.5, 0.6) is 11.5 Å². The van der Waals surface area contributed by atoms with Crippen molar-refractivity contribution in [3.05, 3.63) is 190 Å². The number of hydrogen-bond donors (Lipinski definition) is 1. The van der Waals surface area contributed by atoms with Gasteiger partial charge in [-0.25, -0.2) is 0 Å². The van der Waals surface area contributed by atoms with E-state index < -0.39 is 0 Å². The summed E-state index contributed by atoms with van der Waals surface area (Å²) in [4.78, 5) is 17.1. The third kappa shape index (κ3) is 12.6. The highest BCUT2D eigenvalue weighted by Gasteiger charge is 2.15. The molecule has 0 atom stereocenters. The van der Waals surface area contributed by atoms with Crippen LogP contribution >= 0.6 is 0 Å². The predicted molar refractivity (Wildman–Crippen MR) is 235 cm³/mol. The normalized spacial score (nSPS) is 12.2. The molecule has 1 N–H and O–H groups in total. The van der Waals surface area contributed by atoms with Gasteiger partial charge in [0.2, 0.25) is 0 Å². The highest BCUT2D eigenvalue weighted by atomic mass is 16.5. The molecule has 0 radical (unpaired) electrons. The standard InChI is InChI=1S/C25H28N2O.C16H20N2.C9H8O2/c1-26(2)24-12-9-21(10-13-24)18-27(17-20-6-4-3-5-7-20)19-22-8-11-23-14-15-28-25(23)16-22;1-18(2)16-10-8-15(9-11-16)13-17-12-14-6-4-3-5-7-14;10-6-7-1-2-8-3-4-11-9(8)5-7/h3-13,16H,14-15,17-19H2,1-2H3;3-11,17H,12-13H2,1-2H3;1-2,5-6H,3-4H2. The first kappa shape index (κ1) is 40.8. The van der Waals surface area contributed by atoms with Gasteiger partial charge in [-0.05, 0) is 75.3 Å². The zero-order valence-corrected chi connectivity index (χ0v) is 33.9. The summed E-state index contributed by atoms with van der Waals surface area (Å²) < 4.78 is 11.1. The predicted octanol–water partition coefficient (Wildman–Crippen LogP) is 9.37. The van der Waals surface area contributed by atoms with Gasteiger partial charge in [0, 0.05) is 90.7 Å². The second-order valence-electron chi connectivity index (χ2n) is 15.0. The summed E-state index contributed by atoms with van der Waals surface area (Å²) in [5.74, 6) is 1.93. The Hall–Kier alpha value is -5.89. The summed E-state index contributed by atoms with van der Waals surface area (Å²) in [6.07, 6.45) is 2.83. The topological polar surface area (TPSA) is 57.3 Å². The average molecular weight is 761 g/mol. The maximum absolute atomic E-state index is 10.4. The molecule has 6 aromatic carbocycles. The highest BCUT2D eigenvalue weighted by molar-refractivity contribution is 5.76. The van der Waals surface area contributed by atoms with Gasteiger partial charge in [-0.1, -0.05) is 109 Å². The van der Waals surface area contributed by atoms with Crippen LogP contribution in [0.15, 0.2) is 146 Å². The van der Waals surface area contributed by atoms with E-state index in [4.69, 9.17) is 9.47 Å². The second kappa shape index (κ2) is 20.9. The smallest absolute Gasteiger partial charge is 0.150 e. The lowest BCUT2D eigenvalue weighted by Crippen LogP contribution is -2.22. The lowest BCUT2D eigenvalue weighted by atomic mass is 10.1. The molecular formula is C50H56N4O3. The summed E-state index contributed by atoms with van der Waals surface area (Å²) in [5, 5.41) is 3.45. The first-order valence-electron chi connectivity index (χ1n) is 19.8. The number of fused-ring (bicyclic) bond motifs is 2. The third-order valence-corrected chi connectivity index (χ3v) is 10.1. The minimum absolute atomic E-state index is 0.686. The molecule has 0 amide bonds. The molecule has 0 spiro atoms. The minimum atomic E-state index is 0.686. The molecule has 0 bridgehead atoms. The Morgan fingerprint density at radius 3 is 1.49 bits per heavy atom. The van der Waals surface area contributed by atoms with Gasteiger partial charge in [0.15, 0.2) is 0 Å². The van der Waals surface area contributed by atoms with Crippen LogP contribution in [0.2, 0.25) is 0 Å². The second-order valence-corrected chi connectivity index (χ2v) is 15.0. The van der Waals surface area contributed by atoms with Crippen molar-refractivity contribution in [1.29, 1.82) is 0 Å². The molecule has 2 aliphatic rings. The zero-order valence-electron chi connectivity index (χ0n) is 33.9. The summed E-state index contributed by atoms with van der Waals surface area (Å²) in [6, 6.07) is 50.9. The van der Waals surface area contributed by atoms with Crippen LogP contribution < -0.4 is 24.6 Å². The number of nitrogens with zero attached hydrogens (tertiary/aromatic N) is 3. The van der Waals surface area contributed by atoms with Crippen LogP contribution in [-0.4, -0.2) is 52.6 Å². The fourth-order valence-corrected chi connectivity index (χ4v) is 6.85. The van der Waals surface area contributed by atoms with Crippen molar-refractivity contribution >= 4 is 17.7 Å². The summed E-state index contributed by atoms with van der Waals surface area (Å²) in [7, 11) is 8.27. The van der Waals surface area contributed by atoms with E-state index >= 15 is 0 Å². The van der Waals surface area contributed by atoms with Gasteiger partial charge in [-0.3, -0.25) is 9.69 Å². The van der Waals surface area contributed by atoms with Crippen LogP contribution in [0.4, 0.5) is 11.4 Å². The molecule has 2 aliphatic heterocycles. The molecule has 2 heterocycles. The van der Waals surface area contributed by atoms with E-state index in [1.165, 1.54) is 50.3 Å².